The number of nitrogens with one attached hydrogen (secondary N) is 1. The monoisotopic (exact) mass is 314 g/mol. The van der Waals surface area contributed by atoms with E-state index in [9.17, 15) is 4.39 Å². The van der Waals surface area contributed by atoms with Gasteiger partial charge >= 0.3 is 0 Å². The summed E-state index contributed by atoms with van der Waals surface area (Å²) >= 11 is 1.49. The van der Waals surface area contributed by atoms with Crippen molar-refractivity contribution < 1.29 is 8.91 Å². The SMILES string of the molecule is Cc1cc(NSc2ccc(-c3ccc(F)cc3)cc2C)no1. The Morgan fingerprint density at radius 3 is 2.36 bits per heavy atom. The maximum absolute atomic E-state index is 13.0. The Morgan fingerprint density at radius 2 is 1.73 bits per heavy atom. The third-order valence-corrected chi connectivity index (χ3v) is 4.24. The zero-order chi connectivity index (χ0) is 15.5. The number of hydrogen-bond donors (Lipinski definition) is 1. The van der Waals surface area contributed by atoms with E-state index in [1.807, 2.05) is 32.0 Å². The molecular formula is C17H15FN2OS. The first kappa shape index (κ1) is 14.7. The minimum atomic E-state index is -0.222. The number of aromatic nitrogens is 1. The van der Waals surface area contributed by atoms with Crippen molar-refractivity contribution in [1.82, 2.24) is 5.16 Å². The lowest BCUT2D eigenvalue weighted by Crippen LogP contribution is -1.89. The summed E-state index contributed by atoms with van der Waals surface area (Å²) in [5.74, 6) is 1.25. The van der Waals surface area contributed by atoms with Gasteiger partial charge in [-0.3, -0.25) is 0 Å². The normalized spacial score (nSPS) is 10.7. The van der Waals surface area contributed by atoms with Crippen LogP contribution in [-0.2, 0) is 0 Å². The predicted molar refractivity (Wildman–Crippen MR) is 87.3 cm³/mol. The molecule has 0 saturated heterocycles. The van der Waals surface area contributed by atoms with Gasteiger partial charge in [0, 0.05) is 11.0 Å². The highest BCUT2D eigenvalue weighted by Crippen LogP contribution is 2.28. The largest absolute Gasteiger partial charge is 0.360 e. The topological polar surface area (TPSA) is 38.1 Å². The summed E-state index contributed by atoms with van der Waals surface area (Å²) in [5, 5.41) is 3.89. The Kier molecular flexibility index (Phi) is 4.15. The number of aryl methyl sites for hydroxylation is 2. The van der Waals surface area contributed by atoms with Crippen LogP contribution in [0.5, 0.6) is 0 Å². The summed E-state index contributed by atoms with van der Waals surface area (Å²) in [7, 11) is 0. The molecule has 3 aromatic rings. The summed E-state index contributed by atoms with van der Waals surface area (Å²) in [4.78, 5) is 1.10. The standard InChI is InChI=1S/C17H15FN2OS/c1-11-9-14(13-3-6-15(18)7-4-13)5-8-16(11)22-20-17-10-12(2)21-19-17/h3-10H,1-2H3,(H,19,20). The number of halogens is 1. The molecule has 22 heavy (non-hydrogen) atoms. The van der Waals surface area contributed by atoms with Gasteiger partial charge in [-0.2, -0.15) is 0 Å². The zero-order valence-electron chi connectivity index (χ0n) is 12.3. The summed E-state index contributed by atoms with van der Waals surface area (Å²) in [6.45, 7) is 3.90. The molecule has 0 fully saturated rings. The molecule has 5 heteroatoms. The van der Waals surface area contributed by atoms with E-state index >= 15 is 0 Å². The van der Waals surface area contributed by atoms with Gasteiger partial charge in [0.05, 0.1) is 0 Å². The van der Waals surface area contributed by atoms with Gasteiger partial charge in [0.2, 0.25) is 0 Å². The molecular weight excluding hydrogens is 299 g/mol. The second-order valence-corrected chi connectivity index (χ2v) is 5.86. The second kappa shape index (κ2) is 6.23. The Bertz CT molecular complexity index is 784. The average molecular weight is 314 g/mol. The van der Waals surface area contributed by atoms with E-state index in [1.54, 1.807) is 12.1 Å². The highest BCUT2D eigenvalue weighted by atomic mass is 32.2. The van der Waals surface area contributed by atoms with Crippen LogP contribution < -0.4 is 4.72 Å². The van der Waals surface area contributed by atoms with Crippen LogP contribution in [0, 0.1) is 19.7 Å². The second-order valence-electron chi connectivity index (χ2n) is 5.01. The molecule has 1 aromatic heterocycles. The highest BCUT2D eigenvalue weighted by Gasteiger charge is 2.05. The van der Waals surface area contributed by atoms with E-state index in [-0.39, 0.29) is 5.82 Å². The van der Waals surface area contributed by atoms with Gasteiger partial charge < -0.3 is 9.25 Å². The van der Waals surface area contributed by atoms with Crippen molar-refractivity contribution in [3.05, 3.63) is 65.7 Å². The van der Waals surface area contributed by atoms with Crippen LogP contribution in [0.4, 0.5) is 10.2 Å². The van der Waals surface area contributed by atoms with E-state index < -0.39 is 0 Å². The molecule has 0 atom stereocenters. The van der Waals surface area contributed by atoms with Gasteiger partial charge in [0.25, 0.3) is 0 Å². The van der Waals surface area contributed by atoms with E-state index in [0.29, 0.717) is 5.82 Å². The van der Waals surface area contributed by atoms with E-state index in [2.05, 4.69) is 15.9 Å². The Morgan fingerprint density at radius 1 is 1.00 bits per heavy atom. The van der Waals surface area contributed by atoms with Crippen LogP contribution in [-0.4, -0.2) is 5.16 Å². The van der Waals surface area contributed by atoms with Crippen LogP contribution in [0.3, 0.4) is 0 Å². The molecule has 0 unspecified atom stereocenters. The van der Waals surface area contributed by atoms with Crippen LogP contribution in [0.2, 0.25) is 0 Å². The number of hydrogen-bond acceptors (Lipinski definition) is 4. The van der Waals surface area contributed by atoms with Gasteiger partial charge in [0.15, 0.2) is 5.82 Å². The molecule has 0 aliphatic rings. The van der Waals surface area contributed by atoms with E-state index in [1.165, 1.54) is 24.1 Å². The molecule has 0 saturated carbocycles. The van der Waals surface area contributed by atoms with Gasteiger partial charge in [-0.15, -0.1) is 0 Å². The minimum absolute atomic E-state index is 0.222. The molecule has 0 bridgehead atoms. The molecule has 1 heterocycles. The third kappa shape index (κ3) is 3.31. The van der Waals surface area contributed by atoms with Crippen molar-refractivity contribution in [2.45, 2.75) is 18.7 Å². The molecule has 1 N–H and O–H groups in total. The Labute approximate surface area is 132 Å². The van der Waals surface area contributed by atoms with E-state index in [0.717, 1.165) is 27.3 Å². The molecule has 0 aliphatic carbocycles. The zero-order valence-corrected chi connectivity index (χ0v) is 13.1. The average Bonchev–Trinajstić information content (AvgIpc) is 2.92. The maximum Gasteiger partial charge on any atom is 0.179 e. The van der Waals surface area contributed by atoms with Crippen molar-refractivity contribution in [3.8, 4) is 11.1 Å². The number of rotatable bonds is 4. The van der Waals surface area contributed by atoms with Crippen molar-refractivity contribution in [3.63, 3.8) is 0 Å². The van der Waals surface area contributed by atoms with Crippen molar-refractivity contribution >= 4 is 17.8 Å². The van der Waals surface area contributed by atoms with Crippen molar-refractivity contribution in [1.29, 1.82) is 0 Å². The summed E-state index contributed by atoms with van der Waals surface area (Å²) < 4.78 is 21.1. The smallest absolute Gasteiger partial charge is 0.179 e. The van der Waals surface area contributed by atoms with Crippen molar-refractivity contribution in [2.24, 2.45) is 0 Å². The maximum atomic E-state index is 13.0. The number of anilines is 1. The molecule has 0 amide bonds. The third-order valence-electron chi connectivity index (χ3n) is 3.25. The molecule has 3 nitrogen and oxygen atoms in total. The first-order chi connectivity index (χ1) is 10.6. The van der Waals surface area contributed by atoms with E-state index in [4.69, 9.17) is 4.52 Å². The number of nitrogens with zero attached hydrogens (tertiary/aromatic N) is 1. The fraction of sp³-hybridized carbons (Fsp3) is 0.118. The minimum Gasteiger partial charge on any atom is -0.360 e. The highest BCUT2D eigenvalue weighted by molar-refractivity contribution is 8.00. The summed E-state index contributed by atoms with van der Waals surface area (Å²) in [6, 6.07) is 14.5. The van der Waals surface area contributed by atoms with Crippen molar-refractivity contribution in [2.75, 3.05) is 4.72 Å². The van der Waals surface area contributed by atoms with Crippen LogP contribution >= 0.6 is 11.9 Å². The fourth-order valence-electron chi connectivity index (χ4n) is 2.11. The first-order valence-corrected chi connectivity index (χ1v) is 7.66. The first-order valence-electron chi connectivity index (χ1n) is 6.84. The van der Waals surface area contributed by atoms with Gasteiger partial charge in [-0.25, -0.2) is 4.39 Å². The Hall–Kier alpha value is -2.27. The summed E-state index contributed by atoms with van der Waals surface area (Å²) in [6.07, 6.45) is 0. The molecule has 112 valence electrons. The van der Waals surface area contributed by atoms with Crippen LogP contribution in [0.15, 0.2) is 57.9 Å². The number of benzene rings is 2. The predicted octanol–water partition coefficient (Wildman–Crippen LogP) is 5.22. The molecule has 0 spiro atoms. The molecule has 0 radical (unpaired) electrons. The quantitative estimate of drug-likeness (QED) is 0.670. The van der Waals surface area contributed by atoms with Crippen LogP contribution in [0.1, 0.15) is 11.3 Å². The summed E-state index contributed by atoms with van der Waals surface area (Å²) in [5.41, 5.74) is 3.21. The lowest BCUT2D eigenvalue weighted by Gasteiger charge is -2.08. The van der Waals surface area contributed by atoms with Gasteiger partial charge in [-0.05, 0) is 60.7 Å². The van der Waals surface area contributed by atoms with Gasteiger partial charge in [0.1, 0.15) is 11.6 Å². The Balaban J connectivity index is 1.75. The molecule has 0 aliphatic heterocycles. The fourth-order valence-corrected chi connectivity index (χ4v) is 2.77. The molecule has 3 rings (SSSR count). The lowest BCUT2D eigenvalue weighted by atomic mass is 10.0. The molecule has 2 aromatic carbocycles. The van der Waals surface area contributed by atoms with Crippen LogP contribution in [0.25, 0.3) is 11.1 Å². The van der Waals surface area contributed by atoms with Gasteiger partial charge in [-0.1, -0.05) is 29.4 Å². The lowest BCUT2D eigenvalue weighted by molar-refractivity contribution is 0.400.